The number of amides is 1. The minimum Gasteiger partial charge on any atom is -0.381 e. The number of hydrogen-bond donors (Lipinski definition) is 2. The highest BCUT2D eigenvalue weighted by Crippen LogP contribution is 2.21. The lowest BCUT2D eigenvalue weighted by Crippen LogP contribution is -2.38. The molecule has 1 atom stereocenters. The number of nitrogens with one attached hydrogen (secondary N) is 2. The number of benzene rings is 1. The molecule has 0 saturated carbocycles. The number of hydrogen-bond acceptors (Lipinski definition) is 3. The maximum atomic E-state index is 13.8. The first-order valence-corrected chi connectivity index (χ1v) is 7.24. The van der Waals surface area contributed by atoms with Crippen molar-refractivity contribution < 1.29 is 13.6 Å². The van der Waals surface area contributed by atoms with E-state index in [0.717, 1.165) is 31.5 Å². The van der Waals surface area contributed by atoms with Crippen molar-refractivity contribution in [3.05, 3.63) is 29.3 Å². The molecule has 0 aliphatic carbocycles. The molecule has 1 saturated heterocycles. The van der Waals surface area contributed by atoms with E-state index in [4.69, 9.17) is 0 Å². The van der Waals surface area contributed by atoms with Crippen molar-refractivity contribution in [1.82, 2.24) is 10.2 Å². The fourth-order valence-electron chi connectivity index (χ4n) is 2.60. The molecule has 2 rings (SSSR count). The molecule has 1 heterocycles. The van der Waals surface area contributed by atoms with Gasteiger partial charge in [-0.2, -0.15) is 0 Å². The van der Waals surface area contributed by atoms with Crippen molar-refractivity contribution in [2.75, 3.05) is 32.0 Å². The molecule has 1 aliphatic rings. The minimum absolute atomic E-state index is 0.00676. The van der Waals surface area contributed by atoms with Gasteiger partial charge in [0.2, 0.25) is 0 Å². The lowest BCUT2D eigenvalue weighted by molar-refractivity contribution is 0.0943. The van der Waals surface area contributed by atoms with Gasteiger partial charge >= 0.3 is 0 Å². The largest absolute Gasteiger partial charge is 0.381 e. The Bertz CT molecular complexity index is 499. The van der Waals surface area contributed by atoms with Gasteiger partial charge in [0, 0.05) is 24.7 Å². The molecule has 0 radical (unpaired) electrons. The zero-order chi connectivity index (χ0) is 15.4. The van der Waals surface area contributed by atoms with E-state index in [1.165, 1.54) is 0 Å². The van der Waals surface area contributed by atoms with Gasteiger partial charge in [-0.3, -0.25) is 4.79 Å². The Kier molecular flexibility index (Phi) is 5.12. The Hall–Kier alpha value is -1.69. The summed E-state index contributed by atoms with van der Waals surface area (Å²) in [6.45, 7) is 3.67. The highest BCUT2D eigenvalue weighted by Gasteiger charge is 2.22. The van der Waals surface area contributed by atoms with Crippen LogP contribution >= 0.6 is 0 Å². The third-order valence-electron chi connectivity index (χ3n) is 3.83. The quantitative estimate of drug-likeness (QED) is 0.876. The molecule has 4 nitrogen and oxygen atoms in total. The van der Waals surface area contributed by atoms with Gasteiger partial charge in [0.05, 0.1) is 0 Å². The van der Waals surface area contributed by atoms with E-state index >= 15 is 0 Å². The van der Waals surface area contributed by atoms with Crippen LogP contribution in [0.4, 0.5) is 14.5 Å². The molecule has 116 valence electrons. The van der Waals surface area contributed by atoms with Crippen LogP contribution in [0.15, 0.2) is 12.1 Å². The minimum atomic E-state index is -0.750. The number of carbonyl (C=O) groups excluding carboxylic acids is 1. The molecule has 1 unspecified atom stereocenters. The second-order valence-corrected chi connectivity index (χ2v) is 5.33. The fourth-order valence-corrected chi connectivity index (χ4v) is 2.60. The molecule has 1 aromatic rings. The van der Waals surface area contributed by atoms with Crippen LogP contribution in [-0.2, 0) is 0 Å². The van der Waals surface area contributed by atoms with E-state index in [9.17, 15) is 13.6 Å². The molecule has 1 aromatic carbocycles. The Morgan fingerprint density at radius 1 is 1.38 bits per heavy atom. The number of carbonyl (C=O) groups is 1. The van der Waals surface area contributed by atoms with Gasteiger partial charge in [0.25, 0.3) is 5.91 Å². The summed E-state index contributed by atoms with van der Waals surface area (Å²) in [7, 11) is 2.01. The van der Waals surface area contributed by atoms with Crippen LogP contribution in [0.2, 0.25) is 0 Å². The lowest BCUT2D eigenvalue weighted by atomic mass is 10.1. The molecule has 2 N–H and O–H groups in total. The van der Waals surface area contributed by atoms with E-state index in [1.807, 2.05) is 7.05 Å². The summed E-state index contributed by atoms with van der Waals surface area (Å²) in [6.07, 6.45) is 2.14. The second kappa shape index (κ2) is 6.85. The smallest absolute Gasteiger partial charge is 0.251 e. The van der Waals surface area contributed by atoms with Gasteiger partial charge in [-0.05, 0) is 45.5 Å². The monoisotopic (exact) mass is 297 g/mol. The first-order chi connectivity index (χ1) is 10.0. The molecular weight excluding hydrogens is 276 g/mol. The zero-order valence-corrected chi connectivity index (χ0v) is 12.4. The summed E-state index contributed by atoms with van der Waals surface area (Å²) in [5.41, 5.74) is -0.183. The summed E-state index contributed by atoms with van der Waals surface area (Å²) in [4.78, 5) is 14.2. The highest BCUT2D eigenvalue weighted by molar-refractivity contribution is 5.94. The summed E-state index contributed by atoms with van der Waals surface area (Å²) in [5.74, 6) is -1.95. The molecule has 1 amide bonds. The molecule has 0 aromatic heterocycles. The molecular formula is C15H21F2N3O. The number of halogens is 2. The van der Waals surface area contributed by atoms with Gasteiger partial charge in [0.1, 0.15) is 17.3 Å². The van der Waals surface area contributed by atoms with Crippen molar-refractivity contribution in [3.8, 4) is 0 Å². The Labute approximate surface area is 123 Å². The summed E-state index contributed by atoms with van der Waals surface area (Å²) in [5, 5.41) is 5.35. The zero-order valence-electron chi connectivity index (χ0n) is 12.4. The van der Waals surface area contributed by atoms with Crippen LogP contribution in [0.3, 0.4) is 0 Å². The van der Waals surface area contributed by atoms with Gasteiger partial charge in [0.15, 0.2) is 0 Å². The summed E-state index contributed by atoms with van der Waals surface area (Å²) < 4.78 is 27.5. The normalized spacial score (nSPS) is 18.8. The van der Waals surface area contributed by atoms with Crippen molar-refractivity contribution in [1.29, 1.82) is 0 Å². The molecule has 1 aliphatic heterocycles. The van der Waals surface area contributed by atoms with E-state index in [1.54, 1.807) is 6.92 Å². The third-order valence-corrected chi connectivity index (χ3v) is 3.83. The Morgan fingerprint density at radius 3 is 2.57 bits per heavy atom. The molecule has 6 heteroatoms. The van der Waals surface area contributed by atoms with Crippen LogP contribution in [0.25, 0.3) is 0 Å². The molecule has 0 spiro atoms. The molecule has 1 fully saturated rings. The third kappa shape index (κ3) is 3.69. The van der Waals surface area contributed by atoms with Crippen LogP contribution in [0.1, 0.15) is 30.1 Å². The van der Waals surface area contributed by atoms with E-state index in [-0.39, 0.29) is 11.3 Å². The standard InChI is InChI=1S/C15H21F2N3O/c1-3-18-14-12(16)7-10(8-13(14)17)15(21)19-9-11-5-4-6-20(11)2/h7-8,11,18H,3-6,9H2,1-2H3,(H,19,21). The molecule has 0 bridgehead atoms. The van der Waals surface area contributed by atoms with Gasteiger partial charge < -0.3 is 15.5 Å². The predicted molar refractivity (Wildman–Crippen MR) is 78.5 cm³/mol. The maximum absolute atomic E-state index is 13.8. The molecule has 21 heavy (non-hydrogen) atoms. The van der Waals surface area contributed by atoms with Crippen LogP contribution in [0, 0.1) is 11.6 Å². The highest BCUT2D eigenvalue weighted by atomic mass is 19.1. The Morgan fingerprint density at radius 2 is 2.05 bits per heavy atom. The lowest BCUT2D eigenvalue weighted by Gasteiger charge is -2.19. The van der Waals surface area contributed by atoms with E-state index in [0.29, 0.717) is 19.1 Å². The first kappa shape index (κ1) is 15.7. The van der Waals surface area contributed by atoms with E-state index in [2.05, 4.69) is 15.5 Å². The SMILES string of the molecule is CCNc1c(F)cc(C(=O)NCC2CCCN2C)cc1F. The van der Waals surface area contributed by atoms with Gasteiger partial charge in [-0.15, -0.1) is 0 Å². The van der Waals surface area contributed by atoms with Crippen molar-refractivity contribution in [3.63, 3.8) is 0 Å². The summed E-state index contributed by atoms with van der Waals surface area (Å²) >= 11 is 0. The fraction of sp³-hybridized carbons (Fsp3) is 0.533. The summed E-state index contributed by atoms with van der Waals surface area (Å²) in [6, 6.07) is 2.42. The Balaban J connectivity index is 2.02. The average molecular weight is 297 g/mol. The van der Waals surface area contributed by atoms with Gasteiger partial charge in [-0.1, -0.05) is 0 Å². The van der Waals surface area contributed by atoms with Crippen molar-refractivity contribution in [2.24, 2.45) is 0 Å². The van der Waals surface area contributed by atoms with Crippen LogP contribution in [-0.4, -0.2) is 43.5 Å². The second-order valence-electron chi connectivity index (χ2n) is 5.33. The number of anilines is 1. The van der Waals surface area contributed by atoms with Crippen molar-refractivity contribution in [2.45, 2.75) is 25.8 Å². The van der Waals surface area contributed by atoms with Crippen LogP contribution in [0.5, 0.6) is 0 Å². The number of likely N-dealkylation sites (tertiary alicyclic amines) is 1. The predicted octanol–water partition coefficient (Wildman–Crippen LogP) is 2.22. The van der Waals surface area contributed by atoms with Crippen LogP contribution < -0.4 is 10.6 Å². The van der Waals surface area contributed by atoms with Gasteiger partial charge in [-0.25, -0.2) is 8.78 Å². The first-order valence-electron chi connectivity index (χ1n) is 7.24. The number of nitrogens with zero attached hydrogens (tertiary/aromatic N) is 1. The topological polar surface area (TPSA) is 44.4 Å². The number of likely N-dealkylation sites (N-methyl/N-ethyl adjacent to an activating group) is 1. The average Bonchev–Trinajstić information content (AvgIpc) is 2.85. The maximum Gasteiger partial charge on any atom is 0.251 e. The van der Waals surface area contributed by atoms with Crippen molar-refractivity contribution >= 4 is 11.6 Å². The van der Waals surface area contributed by atoms with E-state index < -0.39 is 17.5 Å². The number of rotatable bonds is 5.